The third-order valence-electron chi connectivity index (χ3n) is 3.15. The number of hydrogen-bond donors (Lipinski definition) is 2. The molecule has 1 aliphatic rings. The van der Waals surface area contributed by atoms with Gasteiger partial charge in [-0.3, -0.25) is 4.79 Å². The fourth-order valence-corrected chi connectivity index (χ4v) is 3.43. The summed E-state index contributed by atoms with van der Waals surface area (Å²) in [5.74, 6) is -1.33. The van der Waals surface area contributed by atoms with E-state index in [0.29, 0.717) is 0 Å². The van der Waals surface area contributed by atoms with Crippen LogP contribution in [0, 0.1) is 5.92 Å². The third-order valence-corrected chi connectivity index (χ3v) is 4.73. The minimum absolute atomic E-state index is 0.0615. The number of nitrogens with zero attached hydrogens (tertiary/aromatic N) is 1. The van der Waals surface area contributed by atoms with Crippen LogP contribution in [-0.4, -0.2) is 28.0 Å². The van der Waals surface area contributed by atoms with Crippen LogP contribution in [-0.2, 0) is 4.79 Å². The molecular formula is C13H12N2O3S2. The number of amides is 1. The van der Waals surface area contributed by atoms with Crippen molar-refractivity contribution in [3.63, 3.8) is 0 Å². The van der Waals surface area contributed by atoms with Crippen molar-refractivity contribution in [1.29, 1.82) is 0 Å². The van der Waals surface area contributed by atoms with Crippen LogP contribution in [0.5, 0.6) is 0 Å². The summed E-state index contributed by atoms with van der Waals surface area (Å²) < 4.78 is 0. The van der Waals surface area contributed by atoms with E-state index < -0.39 is 17.9 Å². The largest absolute Gasteiger partial charge is 0.480 e. The third kappa shape index (κ3) is 2.73. The molecule has 1 atom stereocenters. The lowest BCUT2D eigenvalue weighted by molar-refractivity contribution is -0.139. The average molecular weight is 308 g/mol. The van der Waals surface area contributed by atoms with E-state index in [9.17, 15) is 9.59 Å². The Hall–Kier alpha value is -1.73. The Morgan fingerprint density at radius 3 is 2.80 bits per heavy atom. The lowest BCUT2D eigenvalue weighted by atomic mass is 10.2. The zero-order valence-electron chi connectivity index (χ0n) is 10.4. The molecule has 7 heteroatoms. The second kappa shape index (κ2) is 5.34. The fraction of sp³-hybridized carbons (Fsp3) is 0.308. The minimum Gasteiger partial charge on any atom is -0.480 e. The zero-order valence-corrected chi connectivity index (χ0v) is 12.0. The van der Waals surface area contributed by atoms with Gasteiger partial charge in [0.2, 0.25) is 0 Å². The molecule has 1 amide bonds. The molecule has 5 nitrogen and oxygen atoms in total. The van der Waals surface area contributed by atoms with E-state index in [2.05, 4.69) is 10.3 Å². The lowest BCUT2D eigenvalue weighted by Crippen LogP contribution is -2.42. The highest BCUT2D eigenvalue weighted by Gasteiger charge is 2.37. The van der Waals surface area contributed by atoms with Crippen LogP contribution < -0.4 is 5.32 Å². The lowest BCUT2D eigenvalue weighted by Gasteiger charge is -2.12. The van der Waals surface area contributed by atoms with Crippen LogP contribution in [0.25, 0.3) is 10.6 Å². The van der Waals surface area contributed by atoms with Crippen molar-refractivity contribution in [2.75, 3.05) is 0 Å². The van der Waals surface area contributed by atoms with E-state index in [0.717, 1.165) is 23.4 Å². The van der Waals surface area contributed by atoms with Gasteiger partial charge < -0.3 is 10.4 Å². The van der Waals surface area contributed by atoms with Gasteiger partial charge in [0, 0.05) is 16.3 Å². The van der Waals surface area contributed by atoms with Gasteiger partial charge in [0.05, 0.1) is 0 Å². The molecule has 20 heavy (non-hydrogen) atoms. The maximum atomic E-state index is 12.0. The number of carbonyl (C=O) groups is 2. The van der Waals surface area contributed by atoms with Crippen LogP contribution in [0.2, 0.25) is 0 Å². The first-order chi connectivity index (χ1) is 9.65. The van der Waals surface area contributed by atoms with Crippen molar-refractivity contribution in [1.82, 2.24) is 10.3 Å². The van der Waals surface area contributed by atoms with E-state index in [4.69, 9.17) is 5.11 Å². The molecule has 1 aliphatic carbocycles. The Kier molecular flexibility index (Phi) is 3.54. The highest BCUT2D eigenvalue weighted by molar-refractivity contribution is 7.14. The predicted octanol–water partition coefficient (Wildman–Crippen LogP) is 2.46. The maximum Gasteiger partial charge on any atom is 0.326 e. The summed E-state index contributed by atoms with van der Waals surface area (Å²) in [4.78, 5) is 27.4. The molecule has 0 aromatic carbocycles. The van der Waals surface area contributed by atoms with Crippen LogP contribution in [0.1, 0.15) is 23.3 Å². The maximum absolute atomic E-state index is 12.0. The molecule has 0 aliphatic heterocycles. The van der Waals surface area contributed by atoms with Gasteiger partial charge in [-0.2, -0.15) is 11.3 Å². The molecule has 0 radical (unpaired) electrons. The number of thiazole rings is 1. The molecule has 1 fully saturated rings. The smallest absolute Gasteiger partial charge is 0.326 e. The van der Waals surface area contributed by atoms with E-state index in [-0.39, 0.29) is 11.6 Å². The van der Waals surface area contributed by atoms with E-state index in [1.807, 2.05) is 16.8 Å². The molecule has 2 N–H and O–H groups in total. The summed E-state index contributed by atoms with van der Waals surface area (Å²) in [5, 5.41) is 18.0. The molecule has 1 unspecified atom stereocenters. The summed E-state index contributed by atoms with van der Waals surface area (Å²) in [6, 6.07) is 1.14. The summed E-state index contributed by atoms with van der Waals surface area (Å²) in [6.45, 7) is 0. The van der Waals surface area contributed by atoms with Crippen molar-refractivity contribution < 1.29 is 14.7 Å². The monoisotopic (exact) mass is 308 g/mol. The topological polar surface area (TPSA) is 79.3 Å². The number of carboxylic acid groups (broad SMARTS) is 1. The molecule has 104 valence electrons. The van der Waals surface area contributed by atoms with E-state index >= 15 is 0 Å². The number of rotatable bonds is 5. The quantitative estimate of drug-likeness (QED) is 0.889. The van der Waals surface area contributed by atoms with Gasteiger partial charge in [-0.05, 0) is 30.2 Å². The number of hydrogen-bond acceptors (Lipinski definition) is 5. The number of nitrogens with one attached hydrogen (secondary N) is 1. The van der Waals surface area contributed by atoms with Gasteiger partial charge in [0.25, 0.3) is 5.91 Å². The summed E-state index contributed by atoms with van der Waals surface area (Å²) in [5.41, 5.74) is 1.26. The highest BCUT2D eigenvalue weighted by atomic mass is 32.1. The summed E-state index contributed by atoms with van der Waals surface area (Å²) >= 11 is 2.95. The summed E-state index contributed by atoms with van der Waals surface area (Å²) in [7, 11) is 0. The van der Waals surface area contributed by atoms with Crippen molar-refractivity contribution in [3.8, 4) is 10.6 Å². The van der Waals surface area contributed by atoms with Gasteiger partial charge in [-0.15, -0.1) is 11.3 Å². The molecule has 0 bridgehead atoms. The first-order valence-corrected chi connectivity index (χ1v) is 7.99. The average Bonchev–Trinajstić information content (AvgIpc) is 2.94. The van der Waals surface area contributed by atoms with Crippen molar-refractivity contribution in [2.24, 2.45) is 5.92 Å². The van der Waals surface area contributed by atoms with Gasteiger partial charge >= 0.3 is 5.97 Å². The van der Waals surface area contributed by atoms with Gasteiger partial charge in [-0.1, -0.05) is 0 Å². The normalized spacial score (nSPS) is 15.8. The van der Waals surface area contributed by atoms with Crippen LogP contribution in [0.15, 0.2) is 22.2 Å². The molecule has 2 aromatic rings. The Morgan fingerprint density at radius 1 is 1.40 bits per heavy atom. The molecule has 3 rings (SSSR count). The highest BCUT2D eigenvalue weighted by Crippen LogP contribution is 2.33. The first-order valence-electron chi connectivity index (χ1n) is 6.17. The number of aliphatic carboxylic acids is 1. The van der Waals surface area contributed by atoms with Crippen LogP contribution >= 0.6 is 22.7 Å². The Bertz CT molecular complexity index is 632. The Balaban J connectivity index is 1.72. The van der Waals surface area contributed by atoms with Gasteiger partial charge in [0.1, 0.15) is 16.7 Å². The van der Waals surface area contributed by atoms with E-state index in [1.165, 1.54) is 11.3 Å². The predicted molar refractivity (Wildman–Crippen MR) is 77.0 cm³/mol. The number of carboxylic acids is 1. The zero-order chi connectivity index (χ0) is 14.1. The second-order valence-corrected chi connectivity index (χ2v) is 6.31. The number of aromatic nitrogens is 1. The Labute approximate surface area is 123 Å². The molecule has 2 heterocycles. The van der Waals surface area contributed by atoms with Gasteiger partial charge in [-0.25, -0.2) is 9.78 Å². The molecule has 1 saturated carbocycles. The molecule has 0 saturated heterocycles. The molecule has 0 spiro atoms. The molecular weight excluding hydrogens is 296 g/mol. The van der Waals surface area contributed by atoms with Gasteiger partial charge in [0.15, 0.2) is 0 Å². The van der Waals surface area contributed by atoms with E-state index in [1.54, 1.807) is 16.7 Å². The van der Waals surface area contributed by atoms with Crippen molar-refractivity contribution >= 4 is 34.6 Å². The fourth-order valence-electron chi connectivity index (χ4n) is 1.92. The van der Waals surface area contributed by atoms with Crippen molar-refractivity contribution in [2.45, 2.75) is 18.9 Å². The van der Waals surface area contributed by atoms with Crippen molar-refractivity contribution in [3.05, 3.63) is 27.9 Å². The SMILES string of the molecule is O=C(NC(C(=O)O)C1CC1)c1csc(-c2ccsc2)n1. The first kappa shape index (κ1) is 13.3. The molecule has 2 aromatic heterocycles. The van der Waals surface area contributed by atoms with Crippen LogP contribution in [0.3, 0.4) is 0 Å². The number of thiophene rings is 1. The second-order valence-electron chi connectivity index (χ2n) is 4.68. The summed E-state index contributed by atoms with van der Waals surface area (Å²) in [6.07, 6.45) is 1.71. The van der Waals surface area contributed by atoms with Crippen LogP contribution in [0.4, 0.5) is 0 Å². The Morgan fingerprint density at radius 2 is 2.20 bits per heavy atom. The standard InChI is InChI=1S/C13H12N2O3S2/c16-11(15-10(13(17)18)7-1-2-7)9-6-20-12(14-9)8-3-4-19-5-8/h3-7,10H,1-2H2,(H,15,16)(H,17,18). The minimum atomic E-state index is -0.978. The number of carbonyl (C=O) groups excluding carboxylic acids is 1.